The Morgan fingerprint density at radius 1 is 1.05 bits per heavy atom. The molecule has 0 bridgehead atoms. The van der Waals surface area contributed by atoms with Crippen LogP contribution in [0.1, 0.15) is 17.9 Å². The number of para-hydroxylation sites is 1. The summed E-state index contributed by atoms with van der Waals surface area (Å²) in [5.74, 6) is 2.81. The van der Waals surface area contributed by atoms with Crippen molar-refractivity contribution in [3.05, 3.63) is 60.2 Å². The zero-order chi connectivity index (χ0) is 14.3. The third-order valence-corrected chi connectivity index (χ3v) is 4.95. The molecular weight excluding hydrogens is 278 g/mol. The fourth-order valence-corrected chi connectivity index (χ4v) is 3.83. The van der Waals surface area contributed by atoms with Crippen LogP contribution in [0.15, 0.2) is 59.5 Å². The topological polar surface area (TPSA) is 21.3 Å². The lowest BCUT2D eigenvalue weighted by molar-refractivity contribution is 0.308. The highest BCUT2D eigenvalue weighted by Crippen LogP contribution is 2.38. The van der Waals surface area contributed by atoms with Crippen molar-refractivity contribution in [3.8, 4) is 5.75 Å². The first-order valence-corrected chi connectivity index (χ1v) is 8.52. The Bertz CT molecular complexity index is 558. The largest absolute Gasteiger partial charge is 0.494 e. The van der Waals surface area contributed by atoms with Crippen molar-refractivity contribution in [2.45, 2.75) is 17.2 Å². The quantitative estimate of drug-likeness (QED) is 0.783. The van der Waals surface area contributed by atoms with E-state index in [0.717, 1.165) is 31.9 Å². The highest BCUT2D eigenvalue weighted by molar-refractivity contribution is 7.99. The first-order chi connectivity index (χ1) is 10.4. The van der Waals surface area contributed by atoms with Crippen LogP contribution in [0.4, 0.5) is 0 Å². The Kier molecular flexibility index (Phi) is 5.19. The van der Waals surface area contributed by atoms with E-state index in [2.05, 4.69) is 29.6 Å². The van der Waals surface area contributed by atoms with Crippen LogP contribution in [0, 0.1) is 0 Å². The molecule has 110 valence electrons. The summed E-state index contributed by atoms with van der Waals surface area (Å²) >= 11 is 1.98. The SMILES string of the molecule is c1ccc(OCCCNCC2CSc3ccccc32)cc1. The molecule has 3 rings (SSSR count). The van der Waals surface area contributed by atoms with E-state index in [-0.39, 0.29) is 0 Å². The molecule has 21 heavy (non-hydrogen) atoms. The zero-order valence-electron chi connectivity index (χ0n) is 12.1. The summed E-state index contributed by atoms with van der Waals surface area (Å²) in [6, 6.07) is 18.8. The predicted octanol–water partition coefficient (Wildman–Crippen LogP) is 3.93. The summed E-state index contributed by atoms with van der Waals surface area (Å²) in [6.45, 7) is 2.85. The normalized spacial score (nSPS) is 16.7. The van der Waals surface area contributed by atoms with E-state index in [1.54, 1.807) is 0 Å². The monoisotopic (exact) mass is 299 g/mol. The first-order valence-electron chi connectivity index (χ1n) is 7.54. The van der Waals surface area contributed by atoms with Gasteiger partial charge in [0, 0.05) is 23.1 Å². The Balaban J connectivity index is 1.33. The van der Waals surface area contributed by atoms with Crippen LogP contribution in [-0.4, -0.2) is 25.4 Å². The van der Waals surface area contributed by atoms with Crippen molar-refractivity contribution in [1.29, 1.82) is 0 Å². The minimum atomic E-state index is 0.654. The minimum absolute atomic E-state index is 0.654. The Hall–Kier alpha value is -1.45. The molecule has 1 heterocycles. The molecule has 1 unspecified atom stereocenters. The van der Waals surface area contributed by atoms with Gasteiger partial charge in [-0.3, -0.25) is 0 Å². The fraction of sp³-hybridized carbons (Fsp3) is 0.333. The number of ether oxygens (including phenoxy) is 1. The maximum absolute atomic E-state index is 5.69. The number of rotatable bonds is 7. The number of hydrogen-bond acceptors (Lipinski definition) is 3. The van der Waals surface area contributed by atoms with Gasteiger partial charge in [-0.15, -0.1) is 11.8 Å². The van der Waals surface area contributed by atoms with Crippen molar-refractivity contribution < 1.29 is 4.74 Å². The van der Waals surface area contributed by atoms with Crippen molar-refractivity contribution in [3.63, 3.8) is 0 Å². The summed E-state index contributed by atoms with van der Waals surface area (Å²) in [7, 11) is 0. The van der Waals surface area contributed by atoms with Gasteiger partial charge in [0.1, 0.15) is 5.75 Å². The van der Waals surface area contributed by atoms with Gasteiger partial charge in [0.25, 0.3) is 0 Å². The summed E-state index contributed by atoms with van der Waals surface area (Å²) in [5.41, 5.74) is 1.51. The van der Waals surface area contributed by atoms with Crippen molar-refractivity contribution in [2.75, 3.05) is 25.4 Å². The van der Waals surface area contributed by atoms with Crippen molar-refractivity contribution >= 4 is 11.8 Å². The van der Waals surface area contributed by atoms with Gasteiger partial charge in [-0.1, -0.05) is 36.4 Å². The summed E-state index contributed by atoms with van der Waals surface area (Å²) in [4.78, 5) is 1.46. The van der Waals surface area contributed by atoms with E-state index in [0.29, 0.717) is 5.92 Å². The molecule has 1 aliphatic rings. The van der Waals surface area contributed by atoms with Crippen LogP contribution in [-0.2, 0) is 0 Å². The van der Waals surface area contributed by atoms with Crippen LogP contribution in [0.2, 0.25) is 0 Å². The van der Waals surface area contributed by atoms with Crippen molar-refractivity contribution in [2.24, 2.45) is 0 Å². The average molecular weight is 299 g/mol. The minimum Gasteiger partial charge on any atom is -0.494 e. The molecule has 0 radical (unpaired) electrons. The number of fused-ring (bicyclic) bond motifs is 1. The molecule has 1 atom stereocenters. The average Bonchev–Trinajstić information content (AvgIpc) is 2.95. The zero-order valence-corrected chi connectivity index (χ0v) is 12.9. The van der Waals surface area contributed by atoms with E-state index in [1.807, 2.05) is 42.1 Å². The number of thioether (sulfide) groups is 1. The van der Waals surface area contributed by atoms with E-state index in [4.69, 9.17) is 4.74 Å². The Morgan fingerprint density at radius 2 is 1.86 bits per heavy atom. The second-order valence-electron chi connectivity index (χ2n) is 5.26. The Morgan fingerprint density at radius 3 is 2.76 bits per heavy atom. The molecule has 0 amide bonds. The highest BCUT2D eigenvalue weighted by atomic mass is 32.2. The van der Waals surface area contributed by atoms with E-state index in [9.17, 15) is 0 Å². The van der Waals surface area contributed by atoms with Crippen LogP contribution in [0.5, 0.6) is 5.75 Å². The van der Waals surface area contributed by atoms with Gasteiger partial charge in [0.05, 0.1) is 6.61 Å². The smallest absolute Gasteiger partial charge is 0.119 e. The van der Waals surface area contributed by atoms with Crippen LogP contribution < -0.4 is 10.1 Å². The van der Waals surface area contributed by atoms with Gasteiger partial charge >= 0.3 is 0 Å². The van der Waals surface area contributed by atoms with Gasteiger partial charge in [-0.2, -0.15) is 0 Å². The maximum atomic E-state index is 5.69. The lowest BCUT2D eigenvalue weighted by Crippen LogP contribution is -2.23. The van der Waals surface area contributed by atoms with Crippen molar-refractivity contribution in [1.82, 2.24) is 5.32 Å². The summed E-state index contributed by atoms with van der Waals surface area (Å²) < 4.78 is 5.69. The molecule has 2 aromatic carbocycles. The summed E-state index contributed by atoms with van der Waals surface area (Å²) in [6.07, 6.45) is 1.04. The molecule has 0 fully saturated rings. The molecular formula is C18H21NOS. The van der Waals surface area contributed by atoms with E-state index < -0.39 is 0 Å². The van der Waals surface area contributed by atoms with Crippen LogP contribution in [0.25, 0.3) is 0 Å². The molecule has 1 aliphatic heterocycles. The number of hydrogen-bond donors (Lipinski definition) is 1. The van der Waals surface area contributed by atoms with Crippen LogP contribution >= 0.6 is 11.8 Å². The van der Waals surface area contributed by atoms with Gasteiger partial charge < -0.3 is 10.1 Å². The lowest BCUT2D eigenvalue weighted by atomic mass is 10.0. The van der Waals surface area contributed by atoms with Gasteiger partial charge in [-0.25, -0.2) is 0 Å². The number of nitrogens with one attached hydrogen (secondary N) is 1. The fourth-order valence-electron chi connectivity index (χ4n) is 2.58. The Labute approximate surface area is 130 Å². The summed E-state index contributed by atoms with van der Waals surface area (Å²) in [5, 5.41) is 3.56. The molecule has 0 saturated carbocycles. The number of benzene rings is 2. The van der Waals surface area contributed by atoms with E-state index >= 15 is 0 Å². The molecule has 0 saturated heterocycles. The van der Waals surface area contributed by atoms with Gasteiger partial charge in [-0.05, 0) is 36.7 Å². The van der Waals surface area contributed by atoms with Gasteiger partial charge in [0.2, 0.25) is 0 Å². The van der Waals surface area contributed by atoms with Gasteiger partial charge in [0.15, 0.2) is 0 Å². The third-order valence-electron chi connectivity index (χ3n) is 3.70. The molecule has 2 aromatic rings. The maximum Gasteiger partial charge on any atom is 0.119 e. The second kappa shape index (κ2) is 7.53. The molecule has 0 aliphatic carbocycles. The van der Waals surface area contributed by atoms with Crippen LogP contribution in [0.3, 0.4) is 0 Å². The standard InChI is InChI=1S/C18H21NOS/c1-2-7-16(8-3-1)20-12-6-11-19-13-15-14-21-18-10-5-4-9-17(15)18/h1-5,7-10,15,19H,6,11-14H2. The lowest BCUT2D eigenvalue weighted by Gasteiger charge is -2.12. The first kappa shape index (κ1) is 14.5. The molecule has 2 nitrogen and oxygen atoms in total. The second-order valence-corrected chi connectivity index (χ2v) is 6.33. The molecule has 3 heteroatoms. The molecule has 0 spiro atoms. The highest BCUT2D eigenvalue weighted by Gasteiger charge is 2.21. The van der Waals surface area contributed by atoms with E-state index in [1.165, 1.54) is 16.2 Å². The third kappa shape index (κ3) is 4.02. The molecule has 1 N–H and O–H groups in total. The molecule has 0 aromatic heterocycles. The predicted molar refractivity (Wildman–Crippen MR) is 89.3 cm³/mol.